The SMILES string of the molecule is COc1ccc(C(CNC(=O)c2ccccc2N(C)C(=O)c2cccs2)N(C)C)cc1. The number of methoxy groups -OCH3 is 1. The van der Waals surface area contributed by atoms with Crippen molar-refractivity contribution in [3.63, 3.8) is 0 Å². The Bertz CT molecular complexity index is 1020. The van der Waals surface area contributed by atoms with E-state index in [-0.39, 0.29) is 17.9 Å². The molecule has 2 aromatic carbocycles. The molecule has 1 heterocycles. The van der Waals surface area contributed by atoms with Gasteiger partial charge in [0.2, 0.25) is 0 Å². The number of likely N-dealkylation sites (N-methyl/N-ethyl adjacent to an activating group) is 1. The van der Waals surface area contributed by atoms with Gasteiger partial charge in [-0.1, -0.05) is 30.3 Å². The largest absolute Gasteiger partial charge is 0.497 e. The van der Waals surface area contributed by atoms with Gasteiger partial charge in [-0.25, -0.2) is 0 Å². The van der Waals surface area contributed by atoms with E-state index in [0.29, 0.717) is 22.7 Å². The molecule has 0 fully saturated rings. The Labute approximate surface area is 187 Å². The molecule has 7 heteroatoms. The fraction of sp³-hybridized carbons (Fsp3) is 0.250. The van der Waals surface area contributed by atoms with E-state index in [9.17, 15) is 9.59 Å². The van der Waals surface area contributed by atoms with Crippen LogP contribution in [0.25, 0.3) is 0 Å². The lowest BCUT2D eigenvalue weighted by molar-refractivity contribution is 0.0942. The first kappa shape index (κ1) is 22.5. The molecule has 0 aliphatic rings. The van der Waals surface area contributed by atoms with Crippen LogP contribution in [0.4, 0.5) is 5.69 Å². The van der Waals surface area contributed by atoms with Gasteiger partial charge < -0.3 is 19.9 Å². The number of carbonyl (C=O) groups is 2. The fourth-order valence-electron chi connectivity index (χ4n) is 3.34. The Morgan fingerprint density at radius 3 is 2.32 bits per heavy atom. The summed E-state index contributed by atoms with van der Waals surface area (Å²) in [5.74, 6) is 0.430. The first-order chi connectivity index (χ1) is 14.9. The molecule has 0 spiro atoms. The monoisotopic (exact) mass is 437 g/mol. The van der Waals surface area contributed by atoms with Crippen LogP contribution in [0, 0.1) is 0 Å². The first-order valence-electron chi connectivity index (χ1n) is 9.91. The van der Waals surface area contributed by atoms with Crippen molar-refractivity contribution >= 4 is 28.8 Å². The molecule has 2 amide bonds. The van der Waals surface area contributed by atoms with Gasteiger partial charge in [-0.05, 0) is 55.4 Å². The minimum Gasteiger partial charge on any atom is -0.497 e. The second-order valence-electron chi connectivity index (χ2n) is 7.32. The third-order valence-electron chi connectivity index (χ3n) is 5.13. The standard InChI is InChI=1S/C24H27N3O3S/c1-26(2)21(17-11-13-18(30-4)14-12-17)16-25-23(28)19-8-5-6-9-20(19)27(3)24(29)22-10-7-15-31-22/h5-15,21H,16H2,1-4H3,(H,25,28). The summed E-state index contributed by atoms with van der Waals surface area (Å²) in [5.41, 5.74) is 2.11. The van der Waals surface area contributed by atoms with Crippen LogP contribution in [0.2, 0.25) is 0 Å². The summed E-state index contributed by atoms with van der Waals surface area (Å²) in [6.45, 7) is 0.426. The Kier molecular flexibility index (Phi) is 7.44. The third kappa shape index (κ3) is 5.31. The summed E-state index contributed by atoms with van der Waals surface area (Å²) in [4.78, 5) is 30.0. The zero-order valence-corrected chi connectivity index (χ0v) is 19.0. The van der Waals surface area contributed by atoms with E-state index in [1.54, 1.807) is 38.4 Å². The van der Waals surface area contributed by atoms with Crippen molar-refractivity contribution in [1.29, 1.82) is 0 Å². The van der Waals surface area contributed by atoms with E-state index >= 15 is 0 Å². The molecule has 0 radical (unpaired) electrons. The average molecular weight is 438 g/mol. The van der Waals surface area contributed by atoms with Gasteiger partial charge in [0.05, 0.1) is 29.3 Å². The van der Waals surface area contributed by atoms with Crippen molar-refractivity contribution < 1.29 is 14.3 Å². The smallest absolute Gasteiger partial charge is 0.268 e. The van der Waals surface area contributed by atoms with Crippen molar-refractivity contribution in [3.05, 3.63) is 82.0 Å². The maximum absolute atomic E-state index is 13.1. The molecule has 1 atom stereocenters. The topological polar surface area (TPSA) is 61.9 Å². The van der Waals surface area contributed by atoms with Crippen molar-refractivity contribution in [2.75, 3.05) is 39.7 Å². The zero-order valence-electron chi connectivity index (χ0n) is 18.2. The van der Waals surface area contributed by atoms with Gasteiger partial charge >= 0.3 is 0 Å². The molecule has 6 nitrogen and oxygen atoms in total. The normalized spacial score (nSPS) is 11.8. The van der Waals surface area contributed by atoms with Gasteiger partial charge in [-0.2, -0.15) is 0 Å². The van der Waals surface area contributed by atoms with Gasteiger partial charge in [0.15, 0.2) is 0 Å². The van der Waals surface area contributed by atoms with Crippen LogP contribution in [-0.4, -0.2) is 51.5 Å². The lowest BCUT2D eigenvalue weighted by atomic mass is 10.1. The Hall–Kier alpha value is -3.16. The van der Waals surface area contributed by atoms with Gasteiger partial charge in [0, 0.05) is 13.6 Å². The van der Waals surface area contributed by atoms with Gasteiger partial charge in [0.25, 0.3) is 11.8 Å². The Morgan fingerprint density at radius 1 is 1.00 bits per heavy atom. The van der Waals surface area contributed by atoms with Crippen molar-refractivity contribution in [1.82, 2.24) is 10.2 Å². The number of para-hydroxylation sites is 1. The van der Waals surface area contributed by atoms with E-state index in [1.165, 1.54) is 16.2 Å². The van der Waals surface area contributed by atoms with Gasteiger partial charge in [-0.15, -0.1) is 11.3 Å². The molecule has 0 aliphatic carbocycles. The number of carbonyl (C=O) groups excluding carboxylic acids is 2. The molecule has 0 saturated heterocycles. The molecular weight excluding hydrogens is 410 g/mol. The summed E-state index contributed by atoms with van der Waals surface area (Å²) in [5, 5.41) is 4.89. The number of anilines is 1. The minimum atomic E-state index is -0.221. The number of nitrogens with one attached hydrogen (secondary N) is 1. The molecule has 1 unspecified atom stereocenters. The number of hydrogen-bond acceptors (Lipinski definition) is 5. The zero-order chi connectivity index (χ0) is 22.4. The molecular formula is C24H27N3O3S. The maximum Gasteiger partial charge on any atom is 0.268 e. The van der Waals surface area contributed by atoms with E-state index in [0.717, 1.165) is 11.3 Å². The van der Waals surface area contributed by atoms with E-state index in [4.69, 9.17) is 4.74 Å². The number of thiophene rings is 1. The number of benzene rings is 2. The van der Waals surface area contributed by atoms with Crippen LogP contribution in [0.5, 0.6) is 5.75 Å². The van der Waals surface area contributed by atoms with Gasteiger partial charge in [-0.3, -0.25) is 9.59 Å². The quantitative estimate of drug-likeness (QED) is 0.577. The number of nitrogens with zero attached hydrogens (tertiary/aromatic N) is 2. The number of hydrogen-bond donors (Lipinski definition) is 1. The number of amides is 2. The van der Waals surface area contributed by atoms with Crippen LogP contribution in [0.3, 0.4) is 0 Å². The highest BCUT2D eigenvalue weighted by Gasteiger charge is 2.21. The van der Waals surface area contributed by atoms with E-state index < -0.39 is 0 Å². The summed E-state index contributed by atoms with van der Waals surface area (Å²) in [6.07, 6.45) is 0. The highest BCUT2D eigenvalue weighted by molar-refractivity contribution is 7.12. The van der Waals surface area contributed by atoms with E-state index in [1.807, 2.05) is 55.9 Å². The molecule has 1 N–H and O–H groups in total. The summed E-state index contributed by atoms with van der Waals surface area (Å²) in [7, 11) is 7.27. The predicted octanol–water partition coefficient (Wildman–Crippen LogP) is 4.07. The molecule has 162 valence electrons. The third-order valence-corrected chi connectivity index (χ3v) is 5.98. The van der Waals surface area contributed by atoms with Crippen molar-refractivity contribution in [3.8, 4) is 5.75 Å². The van der Waals surface area contributed by atoms with Crippen LogP contribution in [-0.2, 0) is 0 Å². The lowest BCUT2D eigenvalue weighted by Gasteiger charge is -2.26. The summed E-state index contributed by atoms with van der Waals surface area (Å²) in [6, 6.07) is 18.6. The minimum absolute atomic E-state index is 0.00695. The van der Waals surface area contributed by atoms with Crippen molar-refractivity contribution in [2.45, 2.75) is 6.04 Å². The molecule has 0 aliphatic heterocycles. The second kappa shape index (κ2) is 10.2. The Balaban J connectivity index is 1.76. The lowest BCUT2D eigenvalue weighted by Crippen LogP contribution is -2.35. The number of rotatable bonds is 8. The van der Waals surface area contributed by atoms with Crippen LogP contribution in [0.1, 0.15) is 31.6 Å². The summed E-state index contributed by atoms with van der Waals surface area (Å²) >= 11 is 1.38. The molecule has 1 aromatic heterocycles. The highest BCUT2D eigenvalue weighted by Crippen LogP contribution is 2.24. The predicted molar refractivity (Wildman–Crippen MR) is 125 cm³/mol. The second-order valence-corrected chi connectivity index (χ2v) is 8.27. The van der Waals surface area contributed by atoms with Crippen LogP contribution < -0.4 is 15.0 Å². The molecule has 0 saturated carbocycles. The van der Waals surface area contributed by atoms with Crippen molar-refractivity contribution in [2.24, 2.45) is 0 Å². The molecule has 0 bridgehead atoms. The summed E-state index contributed by atoms with van der Waals surface area (Å²) < 4.78 is 5.23. The molecule has 3 aromatic rings. The Morgan fingerprint density at radius 2 is 1.71 bits per heavy atom. The number of ether oxygens (including phenoxy) is 1. The van der Waals surface area contributed by atoms with E-state index in [2.05, 4.69) is 10.2 Å². The maximum atomic E-state index is 13.1. The van der Waals surface area contributed by atoms with Crippen LogP contribution in [0.15, 0.2) is 66.0 Å². The molecule has 3 rings (SSSR count). The average Bonchev–Trinajstić information content (AvgIpc) is 3.33. The fourth-order valence-corrected chi connectivity index (χ4v) is 4.04. The van der Waals surface area contributed by atoms with Crippen LogP contribution >= 0.6 is 11.3 Å². The first-order valence-corrected chi connectivity index (χ1v) is 10.8. The molecule has 31 heavy (non-hydrogen) atoms. The van der Waals surface area contributed by atoms with Gasteiger partial charge in [0.1, 0.15) is 5.75 Å². The highest BCUT2D eigenvalue weighted by atomic mass is 32.1.